The van der Waals surface area contributed by atoms with Crippen LogP contribution in [-0.2, 0) is 6.54 Å². The molecule has 0 aliphatic rings. The van der Waals surface area contributed by atoms with Crippen LogP contribution in [0.15, 0.2) is 30.5 Å². The largest absolute Gasteiger partial charge is 0.493 e. The normalized spacial score (nSPS) is 11.1. The maximum atomic E-state index is 10.2. The summed E-state index contributed by atoms with van der Waals surface area (Å²) >= 11 is 0. The lowest BCUT2D eigenvalue weighted by molar-refractivity contribution is 0.373. The Morgan fingerprint density at radius 1 is 1.24 bits per heavy atom. The van der Waals surface area contributed by atoms with Gasteiger partial charge in [0.1, 0.15) is 0 Å². The first kappa shape index (κ1) is 11.7. The number of aromatic nitrogens is 2. The van der Waals surface area contributed by atoms with Gasteiger partial charge in [0.25, 0.3) is 0 Å². The van der Waals surface area contributed by atoms with Gasteiger partial charge < -0.3 is 5.11 Å². The molecular formula is C14H18N2O. The molecule has 1 N–H and O–H groups in total. The summed E-state index contributed by atoms with van der Waals surface area (Å²) in [6.45, 7) is 6.98. The van der Waals surface area contributed by atoms with Crippen molar-refractivity contribution < 1.29 is 5.11 Å². The zero-order valence-electron chi connectivity index (χ0n) is 10.5. The highest BCUT2D eigenvalue weighted by atomic mass is 16.3. The second-order valence-corrected chi connectivity index (χ2v) is 4.77. The van der Waals surface area contributed by atoms with Crippen molar-refractivity contribution in [3.05, 3.63) is 36.0 Å². The Bertz CT molecular complexity index is 515. The minimum atomic E-state index is 0.257. The van der Waals surface area contributed by atoms with E-state index in [-0.39, 0.29) is 5.88 Å². The van der Waals surface area contributed by atoms with Gasteiger partial charge in [0, 0.05) is 6.54 Å². The van der Waals surface area contributed by atoms with Crippen LogP contribution in [0.3, 0.4) is 0 Å². The number of hydrogen-bond donors (Lipinski definition) is 1. The third kappa shape index (κ3) is 2.33. The van der Waals surface area contributed by atoms with Crippen LogP contribution < -0.4 is 0 Å². The Morgan fingerprint density at radius 2 is 1.94 bits per heavy atom. The van der Waals surface area contributed by atoms with E-state index in [0.717, 1.165) is 23.2 Å². The maximum absolute atomic E-state index is 10.2. The highest BCUT2D eigenvalue weighted by Crippen LogP contribution is 2.31. The van der Waals surface area contributed by atoms with E-state index < -0.39 is 0 Å². The molecule has 2 rings (SSSR count). The lowest BCUT2D eigenvalue weighted by Crippen LogP contribution is -2.05. The van der Waals surface area contributed by atoms with Crippen molar-refractivity contribution in [3.63, 3.8) is 0 Å². The second kappa shape index (κ2) is 4.62. The second-order valence-electron chi connectivity index (χ2n) is 4.77. The predicted molar refractivity (Wildman–Crippen MR) is 68.9 cm³/mol. The molecule has 0 saturated heterocycles. The molecule has 3 heteroatoms. The van der Waals surface area contributed by atoms with Gasteiger partial charge in [0.15, 0.2) is 0 Å². The lowest BCUT2D eigenvalue weighted by Gasteiger charge is -2.07. The summed E-state index contributed by atoms with van der Waals surface area (Å²) in [5.41, 5.74) is 3.00. The fourth-order valence-electron chi connectivity index (χ4n) is 1.92. The number of nitrogens with zero attached hydrogens (tertiary/aromatic N) is 2. The molecule has 0 aliphatic carbocycles. The van der Waals surface area contributed by atoms with Crippen LogP contribution in [0.1, 0.15) is 19.4 Å². The number of rotatable bonds is 3. The van der Waals surface area contributed by atoms with Gasteiger partial charge in [0.2, 0.25) is 5.88 Å². The highest BCUT2D eigenvalue weighted by Gasteiger charge is 2.13. The molecule has 0 spiro atoms. The minimum Gasteiger partial charge on any atom is -0.493 e. The molecule has 3 nitrogen and oxygen atoms in total. The summed E-state index contributed by atoms with van der Waals surface area (Å²) in [5, 5.41) is 14.4. The van der Waals surface area contributed by atoms with Crippen LogP contribution in [0.2, 0.25) is 0 Å². The molecule has 90 valence electrons. The van der Waals surface area contributed by atoms with E-state index in [1.54, 1.807) is 10.9 Å². The topological polar surface area (TPSA) is 38.0 Å². The smallest absolute Gasteiger partial charge is 0.217 e. The molecule has 2 aromatic rings. The van der Waals surface area contributed by atoms with Crippen LogP contribution in [0, 0.1) is 12.8 Å². The van der Waals surface area contributed by atoms with E-state index in [1.165, 1.54) is 0 Å². The third-order valence-corrected chi connectivity index (χ3v) is 2.78. The van der Waals surface area contributed by atoms with Crippen molar-refractivity contribution in [2.24, 2.45) is 5.92 Å². The Morgan fingerprint density at radius 3 is 2.59 bits per heavy atom. The molecule has 0 radical (unpaired) electrons. The molecule has 1 aromatic carbocycles. The van der Waals surface area contributed by atoms with E-state index >= 15 is 0 Å². The van der Waals surface area contributed by atoms with Crippen molar-refractivity contribution in [1.82, 2.24) is 9.78 Å². The SMILES string of the molecule is Cc1ccccc1-c1cnn(CC(C)C)c1O. The van der Waals surface area contributed by atoms with Gasteiger partial charge in [-0.1, -0.05) is 38.1 Å². The Kier molecular flexibility index (Phi) is 3.18. The number of aryl methyl sites for hydroxylation is 1. The molecule has 1 aromatic heterocycles. The first-order valence-corrected chi connectivity index (χ1v) is 5.90. The number of benzene rings is 1. The predicted octanol–water partition coefficient (Wildman–Crippen LogP) is 3.22. The molecule has 0 fully saturated rings. The Balaban J connectivity index is 2.41. The summed E-state index contributed by atoms with van der Waals surface area (Å²) < 4.78 is 1.66. The van der Waals surface area contributed by atoms with E-state index in [0.29, 0.717) is 5.92 Å². The summed E-state index contributed by atoms with van der Waals surface area (Å²) in [5.74, 6) is 0.721. The fraction of sp³-hybridized carbons (Fsp3) is 0.357. The van der Waals surface area contributed by atoms with Gasteiger partial charge in [-0.3, -0.25) is 0 Å². The van der Waals surface area contributed by atoms with Gasteiger partial charge >= 0.3 is 0 Å². The van der Waals surface area contributed by atoms with Crippen molar-refractivity contribution in [2.45, 2.75) is 27.3 Å². The molecule has 0 aliphatic heterocycles. The maximum Gasteiger partial charge on any atom is 0.217 e. The quantitative estimate of drug-likeness (QED) is 0.879. The van der Waals surface area contributed by atoms with Gasteiger partial charge in [-0.2, -0.15) is 5.10 Å². The molecule has 0 unspecified atom stereocenters. The Labute approximate surface area is 102 Å². The lowest BCUT2D eigenvalue weighted by atomic mass is 10.0. The standard InChI is InChI=1S/C14H18N2O/c1-10(2)9-16-14(17)13(8-15-16)12-7-5-4-6-11(12)3/h4-8,10,17H,9H2,1-3H3. The molecule has 0 bridgehead atoms. The first-order valence-electron chi connectivity index (χ1n) is 5.90. The fourth-order valence-corrected chi connectivity index (χ4v) is 1.92. The van der Waals surface area contributed by atoms with Crippen LogP contribution >= 0.6 is 0 Å². The molecule has 17 heavy (non-hydrogen) atoms. The summed E-state index contributed by atoms with van der Waals surface area (Å²) in [6, 6.07) is 8.01. The molecule has 0 saturated carbocycles. The summed E-state index contributed by atoms with van der Waals surface area (Å²) in [4.78, 5) is 0. The van der Waals surface area contributed by atoms with E-state index in [9.17, 15) is 5.11 Å². The average molecular weight is 230 g/mol. The number of aromatic hydroxyl groups is 1. The zero-order chi connectivity index (χ0) is 12.4. The van der Waals surface area contributed by atoms with Crippen molar-refractivity contribution >= 4 is 0 Å². The van der Waals surface area contributed by atoms with E-state index in [4.69, 9.17) is 0 Å². The summed E-state index contributed by atoms with van der Waals surface area (Å²) in [6.07, 6.45) is 1.74. The molecular weight excluding hydrogens is 212 g/mol. The van der Waals surface area contributed by atoms with Crippen LogP contribution in [-0.4, -0.2) is 14.9 Å². The Hall–Kier alpha value is -1.77. The highest BCUT2D eigenvalue weighted by molar-refractivity contribution is 5.70. The van der Waals surface area contributed by atoms with E-state index in [1.807, 2.05) is 31.2 Å². The first-order chi connectivity index (χ1) is 8.09. The van der Waals surface area contributed by atoms with Crippen LogP contribution in [0.5, 0.6) is 5.88 Å². The van der Waals surface area contributed by atoms with Gasteiger partial charge in [-0.25, -0.2) is 4.68 Å². The van der Waals surface area contributed by atoms with E-state index in [2.05, 4.69) is 18.9 Å². The van der Waals surface area contributed by atoms with Crippen molar-refractivity contribution in [1.29, 1.82) is 0 Å². The van der Waals surface area contributed by atoms with Crippen LogP contribution in [0.25, 0.3) is 11.1 Å². The summed E-state index contributed by atoms with van der Waals surface area (Å²) in [7, 11) is 0. The number of hydrogen-bond acceptors (Lipinski definition) is 2. The van der Waals surface area contributed by atoms with Gasteiger partial charge in [-0.15, -0.1) is 0 Å². The average Bonchev–Trinajstić information content (AvgIpc) is 2.61. The van der Waals surface area contributed by atoms with Gasteiger partial charge in [-0.05, 0) is 24.0 Å². The van der Waals surface area contributed by atoms with Crippen LogP contribution in [0.4, 0.5) is 0 Å². The molecule has 1 heterocycles. The molecule has 0 atom stereocenters. The minimum absolute atomic E-state index is 0.257. The van der Waals surface area contributed by atoms with Crippen molar-refractivity contribution in [2.75, 3.05) is 0 Å². The third-order valence-electron chi connectivity index (χ3n) is 2.78. The molecule has 0 amide bonds. The monoisotopic (exact) mass is 230 g/mol. The van der Waals surface area contributed by atoms with Crippen molar-refractivity contribution in [3.8, 4) is 17.0 Å². The zero-order valence-corrected chi connectivity index (χ0v) is 10.5. The van der Waals surface area contributed by atoms with Gasteiger partial charge in [0.05, 0.1) is 11.8 Å².